The highest BCUT2D eigenvalue weighted by atomic mass is 19.1. The van der Waals surface area contributed by atoms with E-state index in [1.165, 1.54) is 11.0 Å². The third-order valence-electron chi connectivity index (χ3n) is 3.97. The van der Waals surface area contributed by atoms with Crippen LogP contribution in [-0.4, -0.2) is 54.7 Å². The van der Waals surface area contributed by atoms with Crippen molar-refractivity contribution in [1.82, 2.24) is 10.2 Å². The van der Waals surface area contributed by atoms with Crippen molar-refractivity contribution in [3.8, 4) is 0 Å². The molecule has 1 aromatic rings. The summed E-state index contributed by atoms with van der Waals surface area (Å²) in [4.78, 5) is 25.7. The van der Waals surface area contributed by atoms with Gasteiger partial charge in [0.2, 0.25) is 11.8 Å². The monoisotopic (exact) mass is 338 g/mol. The number of hydrogen-bond donors (Lipinski definition) is 2. The van der Waals surface area contributed by atoms with E-state index < -0.39 is 0 Å². The first-order chi connectivity index (χ1) is 11.6. The Labute approximate surface area is 140 Å². The molecule has 0 saturated carbocycles. The summed E-state index contributed by atoms with van der Waals surface area (Å²) in [7, 11) is 0. The van der Waals surface area contributed by atoms with E-state index in [-0.39, 0.29) is 56.3 Å². The van der Waals surface area contributed by atoms with Gasteiger partial charge in [0, 0.05) is 31.6 Å². The highest BCUT2D eigenvalue weighted by molar-refractivity contribution is 5.83. The predicted molar refractivity (Wildman–Crippen MR) is 85.5 cm³/mol. The number of halogens is 1. The maximum atomic E-state index is 13.7. The fourth-order valence-corrected chi connectivity index (χ4v) is 2.67. The molecule has 2 N–H and O–H groups in total. The van der Waals surface area contributed by atoms with E-state index in [1.54, 1.807) is 18.2 Å². The quantitative estimate of drug-likeness (QED) is 0.684. The number of nitrogens with one attached hydrogen (secondary N) is 1. The van der Waals surface area contributed by atoms with Gasteiger partial charge in [0.25, 0.3) is 0 Å². The van der Waals surface area contributed by atoms with Crippen molar-refractivity contribution >= 4 is 11.8 Å². The number of ether oxygens (including phenoxy) is 1. The smallest absolute Gasteiger partial charge is 0.224 e. The minimum absolute atomic E-state index is 0.0519. The van der Waals surface area contributed by atoms with Gasteiger partial charge in [0.1, 0.15) is 5.82 Å². The molecule has 0 aliphatic carbocycles. The summed E-state index contributed by atoms with van der Waals surface area (Å²) in [6.07, 6.45) is 0.781. The van der Waals surface area contributed by atoms with Gasteiger partial charge < -0.3 is 20.1 Å². The molecule has 0 radical (unpaired) electrons. The summed E-state index contributed by atoms with van der Waals surface area (Å²) in [6.45, 7) is 1.34. The number of aliphatic hydroxyl groups is 1. The molecule has 1 atom stereocenters. The maximum Gasteiger partial charge on any atom is 0.224 e. The van der Waals surface area contributed by atoms with Crippen LogP contribution in [0.3, 0.4) is 0 Å². The third kappa shape index (κ3) is 5.28. The lowest BCUT2D eigenvalue weighted by atomic mass is 9.96. The zero-order valence-electron chi connectivity index (χ0n) is 13.5. The molecule has 0 spiro atoms. The van der Waals surface area contributed by atoms with Gasteiger partial charge in [-0.05, 0) is 12.5 Å². The number of amides is 2. The van der Waals surface area contributed by atoms with Crippen LogP contribution in [0.15, 0.2) is 24.3 Å². The fraction of sp³-hybridized carbons (Fsp3) is 0.529. The van der Waals surface area contributed by atoms with Gasteiger partial charge in [0.05, 0.1) is 25.7 Å². The Hall–Kier alpha value is -1.99. The predicted octanol–water partition coefficient (Wildman–Crippen LogP) is 0.689. The van der Waals surface area contributed by atoms with Crippen LogP contribution in [-0.2, 0) is 20.9 Å². The number of carbonyl (C=O) groups excluding carboxylic acids is 2. The van der Waals surface area contributed by atoms with Gasteiger partial charge in [-0.15, -0.1) is 0 Å². The highest BCUT2D eigenvalue weighted by Crippen LogP contribution is 2.21. The Morgan fingerprint density at radius 3 is 2.92 bits per heavy atom. The molecule has 1 saturated heterocycles. The van der Waals surface area contributed by atoms with Crippen LogP contribution in [0.4, 0.5) is 4.39 Å². The second-order valence-electron chi connectivity index (χ2n) is 5.73. The molecular weight excluding hydrogens is 315 g/mol. The number of aliphatic hydroxyl groups excluding tert-OH is 1. The number of likely N-dealkylation sites (tertiary alicyclic amines) is 1. The molecule has 132 valence electrons. The molecule has 6 nitrogen and oxygen atoms in total. The van der Waals surface area contributed by atoms with Crippen LogP contribution < -0.4 is 5.32 Å². The van der Waals surface area contributed by atoms with E-state index in [1.807, 2.05) is 0 Å². The molecule has 0 bridgehead atoms. The molecule has 1 aliphatic heterocycles. The second-order valence-corrected chi connectivity index (χ2v) is 5.73. The molecule has 2 amide bonds. The number of carbonyl (C=O) groups is 2. The van der Waals surface area contributed by atoms with Crippen LogP contribution in [0.5, 0.6) is 0 Å². The molecule has 0 aromatic heterocycles. The lowest BCUT2D eigenvalue weighted by Gasteiger charge is -2.32. The standard InChI is InChI=1S/C17H23FN2O4/c18-15-4-2-1-3-13(15)11-20-12-14(5-6-16(20)22)17(23)19-7-9-24-10-8-21/h1-4,14,21H,5-12H2,(H,19,23)/t14-/m1/s1. The van der Waals surface area contributed by atoms with E-state index in [0.717, 1.165) is 0 Å². The molecule has 1 heterocycles. The Bertz CT molecular complexity index is 567. The molecule has 0 unspecified atom stereocenters. The van der Waals surface area contributed by atoms with Crippen molar-refractivity contribution in [2.24, 2.45) is 5.92 Å². The number of nitrogens with zero attached hydrogens (tertiary/aromatic N) is 1. The van der Waals surface area contributed by atoms with Crippen molar-refractivity contribution in [3.05, 3.63) is 35.6 Å². The Kier molecular flexibility index (Phi) is 7.14. The minimum atomic E-state index is -0.349. The zero-order valence-corrected chi connectivity index (χ0v) is 13.5. The van der Waals surface area contributed by atoms with Crippen LogP contribution in [0.2, 0.25) is 0 Å². The van der Waals surface area contributed by atoms with Crippen molar-refractivity contribution in [1.29, 1.82) is 0 Å². The minimum Gasteiger partial charge on any atom is -0.394 e. The maximum absolute atomic E-state index is 13.7. The van der Waals surface area contributed by atoms with Crippen molar-refractivity contribution < 1.29 is 23.8 Å². The normalized spacial score (nSPS) is 17.8. The number of piperidine rings is 1. The van der Waals surface area contributed by atoms with Gasteiger partial charge in [-0.25, -0.2) is 4.39 Å². The molecule has 1 aromatic carbocycles. The first-order valence-corrected chi connectivity index (χ1v) is 8.09. The van der Waals surface area contributed by atoms with Gasteiger partial charge in [0.15, 0.2) is 0 Å². The van der Waals surface area contributed by atoms with Crippen LogP contribution in [0, 0.1) is 11.7 Å². The molecule has 7 heteroatoms. The largest absolute Gasteiger partial charge is 0.394 e. The van der Waals surface area contributed by atoms with Crippen LogP contribution in [0.1, 0.15) is 18.4 Å². The Morgan fingerprint density at radius 1 is 1.38 bits per heavy atom. The highest BCUT2D eigenvalue weighted by Gasteiger charge is 2.30. The van der Waals surface area contributed by atoms with Crippen molar-refractivity contribution in [2.75, 3.05) is 32.9 Å². The van der Waals surface area contributed by atoms with E-state index in [0.29, 0.717) is 25.1 Å². The van der Waals surface area contributed by atoms with Gasteiger partial charge >= 0.3 is 0 Å². The van der Waals surface area contributed by atoms with Crippen LogP contribution in [0.25, 0.3) is 0 Å². The first-order valence-electron chi connectivity index (χ1n) is 8.09. The zero-order chi connectivity index (χ0) is 17.4. The number of benzene rings is 1. The average molecular weight is 338 g/mol. The van der Waals surface area contributed by atoms with Gasteiger partial charge in [-0.1, -0.05) is 18.2 Å². The molecule has 1 fully saturated rings. The molecule has 24 heavy (non-hydrogen) atoms. The molecule has 1 aliphatic rings. The molecule has 2 rings (SSSR count). The summed E-state index contributed by atoms with van der Waals surface area (Å²) in [5.41, 5.74) is 0.448. The summed E-state index contributed by atoms with van der Waals surface area (Å²) in [5.74, 6) is -0.840. The van der Waals surface area contributed by atoms with Gasteiger partial charge in [-0.3, -0.25) is 9.59 Å². The van der Waals surface area contributed by atoms with Crippen LogP contribution >= 0.6 is 0 Å². The fourth-order valence-electron chi connectivity index (χ4n) is 2.67. The SMILES string of the molecule is O=C(NCCOCCO)[C@@H]1CCC(=O)N(Cc2ccccc2F)C1. The lowest BCUT2D eigenvalue weighted by molar-refractivity contribution is -0.139. The van der Waals surface area contributed by atoms with E-state index in [9.17, 15) is 14.0 Å². The van der Waals surface area contributed by atoms with E-state index >= 15 is 0 Å². The summed E-state index contributed by atoms with van der Waals surface area (Å²) >= 11 is 0. The average Bonchev–Trinajstić information content (AvgIpc) is 2.58. The number of rotatable bonds is 8. The molecular formula is C17H23FN2O4. The summed E-state index contributed by atoms with van der Waals surface area (Å²) in [6, 6.07) is 6.33. The van der Waals surface area contributed by atoms with E-state index in [4.69, 9.17) is 9.84 Å². The Morgan fingerprint density at radius 2 is 2.17 bits per heavy atom. The van der Waals surface area contributed by atoms with Crippen molar-refractivity contribution in [2.45, 2.75) is 19.4 Å². The lowest BCUT2D eigenvalue weighted by Crippen LogP contribution is -2.46. The Balaban J connectivity index is 1.84. The van der Waals surface area contributed by atoms with E-state index in [2.05, 4.69) is 5.32 Å². The van der Waals surface area contributed by atoms with Crippen molar-refractivity contribution in [3.63, 3.8) is 0 Å². The second kappa shape index (κ2) is 9.34. The summed E-state index contributed by atoms with van der Waals surface area (Å²) < 4.78 is 18.8. The topological polar surface area (TPSA) is 78.9 Å². The third-order valence-corrected chi connectivity index (χ3v) is 3.97. The number of hydrogen-bond acceptors (Lipinski definition) is 4. The first kappa shape index (κ1) is 18.4. The van der Waals surface area contributed by atoms with Gasteiger partial charge in [-0.2, -0.15) is 0 Å². The summed E-state index contributed by atoms with van der Waals surface area (Å²) in [5, 5.41) is 11.4.